The largest absolute Gasteiger partial charge is 0.477 e. The summed E-state index contributed by atoms with van der Waals surface area (Å²) in [5.41, 5.74) is 2.06. The average molecular weight is 550 g/mol. The highest BCUT2D eigenvalue weighted by Crippen LogP contribution is 2.38. The Bertz CT molecular complexity index is 1230. The van der Waals surface area contributed by atoms with E-state index in [1.807, 2.05) is 49.9 Å². The van der Waals surface area contributed by atoms with E-state index in [-0.39, 0.29) is 28.2 Å². The van der Waals surface area contributed by atoms with Crippen LogP contribution < -0.4 is 4.90 Å². The summed E-state index contributed by atoms with van der Waals surface area (Å²) in [5.74, 6) is 5.93. The van der Waals surface area contributed by atoms with E-state index in [1.54, 1.807) is 6.20 Å². The number of carboxylic acid groups (broad SMARTS) is 1. The van der Waals surface area contributed by atoms with Gasteiger partial charge >= 0.3 is 5.97 Å². The molecule has 0 saturated heterocycles. The van der Waals surface area contributed by atoms with Crippen LogP contribution in [0.4, 0.5) is 5.69 Å². The molecule has 0 atom stereocenters. The molecule has 2 fully saturated rings. The van der Waals surface area contributed by atoms with Crippen molar-refractivity contribution >= 4 is 34.6 Å². The lowest BCUT2D eigenvalue weighted by Crippen LogP contribution is -2.46. The number of pyridine rings is 1. The van der Waals surface area contributed by atoms with Gasteiger partial charge in [-0.3, -0.25) is 9.78 Å². The van der Waals surface area contributed by atoms with E-state index in [1.165, 1.54) is 0 Å². The smallest absolute Gasteiger partial charge is 0.348 e. The third-order valence-electron chi connectivity index (χ3n) is 7.36. The van der Waals surface area contributed by atoms with Crippen LogP contribution in [0, 0.1) is 29.1 Å². The summed E-state index contributed by atoms with van der Waals surface area (Å²) in [6, 6.07) is 7.39. The zero-order chi connectivity index (χ0) is 28.0. The molecular formula is C31H39N3O4S. The predicted molar refractivity (Wildman–Crippen MR) is 155 cm³/mol. The Morgan fingerprint density at radius 2 is 1.87 bits per heavy atom. The van der Waals surface area contributed by atoms with Gasteiger partial charge in [-0.1, -0.05) is 30.0 Å². The van der Waals surface area contributed by atoms with Crippen LogP contribution in [0.3, 0.4) is 0 Å². The fourth-order valence-electron chi connectivity index (χ4n) is 5.18. The molecule has 2 aliphatic rings. The minimum atomic E-state index is -1.02. The average Bonchev–Trinajstić information content (AvgIpc) is 3.33. The summed E-state index contributed by atoms with van der Waals surface area (Å²) in [4.78, 5) is 38.9. The van der Waals surface area contributed by atoms with Gasteiger partial charge in [0.15, 0.2) is 6.61 Å². The first-order valence-electron chi connectivity index (χ1n) is 13.9. The summed E-state index contributed by atoms with van der Waals surface area (Å²) in [6.07, 6.45) is 8.28. The van der Waals surface area contributed by atoms with Gasteiger partial charge in [-0.05, 0) is 96.3 Å². The molecule has 0 aliphatic heterocycles. The highest BCUT2D eigenvalue weighted by molar-refractivity contribution is 7.15. The maximum Gasteiger partial charge on any atom is 0.348 e. The Kier molecular flexibility index (Phi) is 9.45. The Balaban J connectivity index is 1.56. The fraction of sp³-hybridized carbons (Fsp3) is 0.548. The second kappa shape index (κ2) is 12.8. The summed E-state index contributed by atoms with van der Waals surface area (Å²) in [6.45, 7) is 8.61. The van der Waals surface area contributed by atoms with Gasteiger partial charge in [0, 0.05) is 23.6 Å². The number of hydrogen-bond donors (Lipinski definition) is 1. The van der Waals surface area contributed by atoms with Crippen LogP contribution in [0.2, 0.25) is 0 Å². The minimum absolute atomic E-state index is 0.0503. The van der Waals surface area contributed by atoms with E-state index in [0.29, 0.717) is 48.8 Å². The lowest BCUT2D eigenvalue weighted by atomic mass is 9.81. The fourth-order valence-corrected chi connectivity index (χ4v) is 6.02. The molecule has 0 spiro atoms. The van der Waals surface area contributed by atoms with Crippen LogP contribution in [-0.2, 0) is 16.2 Å². The number of amides is 1. The van der Waals surface area contributed by atoms with Crippen molar-refractivity contribution in [1.29, 1.82) is 0 Å². The Morgan fingerprint density at radius 3 is 2.49 bits per heavy atom. The molecule has 4 rings (SSSR count). The number of rotatable bonds is 7. The van der Waals surface area contributed by atoms with Gasteiger partial charge in [0.1, 0.15) is 4.88 Å². The molecule has 0 unspecified atom stereocenters. The van der Waals surface area contributed by atoms with Crippen LogP contribution in [0.1, 0.15) is 99.3 Å². The lowest BCUT2D eigenvalue weighted by Gasteiger charge is -2.38. The summed E-state index contributed by atoms with van der Waals surface area (Å²) in [7, 11) is 0. The van der Waals surface area contributed by atoms with Gasteiger partial charge < -0.3 is 14.8 Å². The molecule has 2 aromatic rings. The van der Waals surface area contributed by atoms with Crippen molar-refractivity contribution in [3.63, 3.8) is 0 Å². The number of carbonyl (C=O) groups is 2. The maximum absolute atomic E-state index is 14.1. The first kappa shape index (κ1) is 28.8. The van der Waals surface area contributed by atoms with Crippen molar-refractivity contribution in [3.8, 4) is 11.8 Å². The standard InChI is InChI=1S/C31H39N3O4S/c1-21-8-10-22(11-9-21)29(35)34(27-19-26(16-17-31(2,3)4)39-28(27)30(36)37)25-14-12-23(13-15-25)33-38-20-24-7-5-6-18-32-24/h5-7,18-19,21-22,25H,8-15,20H2,1-4H3,(H,36,37)/t21-,22-,25?. The molecular weight excluding hydrogens is 510 g/mol. The Morgan fingerprint density at radius 1 is 1.15 bits per heavy atom. The van der Waals surface area contributed by atoms with Gasteiger partial charge in [0.25, 0.3) is 0 Å². The van der Waals surface area contributed by atoms with E-state index >= 15 is 0 Å². The lowest BCUT2D eigenvalue weighted by molar-refractivity contribution is -0.124. The van der Waals surface area contributed by atoms with Crippen LogP contribution >= 0.6 is 11.3 Å². The number of carboxylic acids is 1. The molecule has 8 heteroatoms. The molecule has 208 valence electrons. The number of hydrogen-bond acceptors (Lipinski definition) is 6. The number of oxime groups is 1. The Hall–Kier alpha value is -3.18. The second-order valence-electron chi connectivity index (χ2n) is 11.8. The van der Waals surface area contributed by atoms with Crippen LogP contribution in [0.5, 0.6) is 0 Å². The molecule has 0 bridgehead atoms. The molecule has 2 aliphatic carbocycles. The maximum atomic E-state index is 14.1. The highest BCUT2D eigenvalue weighted by atomic mass is 32.1. The van der Waals surface area contributed by atoms with Gasteiger partial charge in [-0.15, -0.1) is 11.3 Å². The zero-order valence-electron chi connectivity index (χ0n) is 23.4. The van der Waals surface area contributed by atoms with E-state index in [9.17, 15) is 14.7 Å². The van der Waals surface area contributed by atoms with E-state index in [0.717, 1.165) is 48.4 Å². The third kappa shape index (κ3) is 7.92. The number of anilines is 1. The molecule has 7 nitrogen and oxygen atoms in total. The van der Waals surface area contributed by atoms with Crippen LogP contribution in [0.25, 0.3) is 0 Å². The molecule has 0 radical (unpaired) electrons. The summed E-state index contributed by atoms with van der Waals surface area (Å²) < 4.78 is 0. The quantitative estimate of drug-likeness (QED) is 0.299. The molecule has 1 amide bonds. The van der Waals surface area contributed by atoms with Crippen molar-refractivity contribution in [1.82, 2.24) is 4.98 Å². The first-order valence-corrected chi connectivity index (χ1v) is 14.7. The zero-order valence-corrected chi connectivity index (χ0v) is 24.2. The van der Waals surface area contributed by atoms with Gasteiger partial charge in [-0.25, -0.2) is 4.79 Å². The number of thiophene rings is 1. The van der Waals surface area contributed by atoms with Crippen LogP contribution in [0.15, 0.2) is 35.6 Å². The van der Waals surface area contributed by atoms with Gasteiger partial charge in [0.05, 0.1) is 22.0 Å². The molecule has 1 N–H and O–H groups in total. The van der Waals surface area contributed by atoms with E-state index in [2.05, 4.69) is 28.9 Å². The highest BCUT2D eigenvalue weighted by Gasteiger charge is 2.37. The Labute approximate surface area is 235 Å². The summed E-state index contributed by atoms with van der Waals surface area (Å²) in [5, 5.41) is 14.4. The molecule has 2 aromatic heterocycles. The van der Waals surface area contributed by atoms with Crippen molar-refractivity contribution in [2.75, 3.05) is 4.90 Å². The number of aromatic nitrogens is 1. The van der Waals surface area contributed by atoms with Crippen molar-refractivity contribution in [2.24, 2.45) is 22.4 Å². The third-order valence-corrected chi connectivity index (χ3v) is 8.39. The molecule has 0 aromatic carbocycles. The van der Waals surface area contributed by atoms with Gasteiger partial charge in [0.2, 0.25) is 5.91 Å². The number of carbonyl (C=O) groups excluding carboxylic acids is 1. The summed E-state index contributed by atoms with van der Waals surface area (Å²) >= 11 is 1.16. The van der Waals surface area contributed by atoms with Crippen molar-refractivity contribution in [3.05, 3.63) is 45.9 Å². The first-order chi connectivity index (χ1) is 18.6. The van der Waals surface area contributed by atoms with E-state index < -0.39 is 5.97 Å². The molecule has 2 heterocycles. The number of aromatic carboxylic acids is 1. The van der Waals surface area contributed by atoms with E-state index in [4.69, 9.17) is 4.84 Å². The monoisotopic (exact) mass is 549 g/mol. The minimum Gasteiger partial charge on any atom is -0.477 e. The topological polar surface area (TPSA) is 92.1 Å². The normalized spacial score (nSPS) is 21.4. The van der Waals surface area contributed by atoms with Gasteiger partial charge in [-0.2, -0.15) is 0 Å². The van der Waals surface area contributed by atoms with Crippen molar-refractivity contribution in [2.45, 2.75) is 91.7 Å². The number of nitrogens with zero attached hydrogens (tertiary/aromatic N) is 3. The van der Waals surface area contributed by atoms with Crippen LogP contribution in [-0.4, -0.2) is 33.7 Å². The molecule has 39 heavy (non-hydrogen) atoms. The predicted octanol–water partition coefficient (Wildman–Crippen LogP) is 6.91. The second-order valence-corrected chi connectivity index (χ2v) is 12.8. The SMILES string of the molecule is CC(C)(C)C#Cc1cc(N(C(=O)[C@H]2CC[C@H](C)CC2)C2CCC(=NOCc3ccccn3)CC2)c(C(=O)O)s1. The van der Waals surface area contributed by atoms with Crippen molar-refractivity contribution < 1.29 is 19.5 Å². The molecule has 2 saturated carbocycles.